The summed E-state index contributed by atoms with van der Waals surface area (Å²) in [6.45, 7) is 0. The summed E-state index contributed by atoms with van der Waals surface area (Å²) in [4.78, 5) is 11.5. The van der Waals surface area contributed by atoms with Crippen LogP contribution in [0.2, 0.25) is 0 Å². The lowest BCUT2D eigenvalue weighted by Gasteiger charge is -2.10. The van der Waals surface area contributed by atoms with Crippen molar-refractivity contribution in [2.24, 2.45) is 0 Å². The van der Waals surface area contributed by atoms with Crippen LogP contribution in [-0.4, -0.2) is 26.2 Å². The molecule has 1 saturated carbocycles. The van der Waals surface area contributed by atoms with Crippen LogP contribution in [-0.2, 0) is 19.4 Å². The van der Waals surface area contributed by atoms with Gasteiger partial charge in [-0.05, 0) is 24.5 Å². The van der Waals surface area contributed by atoms with Crippen molar-refractivity contribution < 1.29 is 17.9 Å². The highest BCUT2D eigenvalue weighted by atomic mass is 32.2. The van der Waals surface area contributed by atoms with Crippen molar-refractivity contribution in [3.05, 3.63) is 41.3 Å². The van der Waals surface area contributed by atoms with Gasteiger partial charge in [0.25, 0.3) is 0 Å². The quantitative estimate of drug-likeness (QED) is 0.779. The Morgan fingerprint density at radius 3 is 2.39 bits per heavy atom. The van der Waals surface area contributed by atoms with Crippen molar-refractivity contribution in [1.82, 2.24) is 0 Å². The topological polar surface area (TPSA) is 60.4 Å². The van der Waals surface area contributed by atoms with Crippen LogP contribution in [0.15, 0.2) is 35.7 Å². The Hall–Kier alpha value is -1.62. The lowest BCUT2D eigenvalue weighted by molar-refractivity contribution is -0.140. The van der Waals surface area contributed by atoms with E-state index in [1.165, 1.54) is 13.2 Å². The van der Waals surface area contributed by atoms with Crippen LogP contribution in [0.3, 0.4) is 0 Å². The Labute approximate surface area is 106 Å². The number of benzene rings is 1. The minimum absolute atomic E-state index is 0.334. The van der Waals surface area contributed by atoms with Crippen molar-refractivity contribution in [1.29, 1.82) is 0 Å². The first-order chi connectivity index (χ1) is 8.52. The van der Waals surface area contributed by atoms with Gasteiger partial charge in [-0.3, -0.25) is 4.79 Å². The minimum Gasteiger partial charge on any atom is -0.468 e. The molecule has 0 bridgehead atoms. The molecule has 0 saturated heterocycles. The molecule has 0 aromatic heterocycles. The third-order valence-corrected chi connectivity index (χ3v) is 5.20. The van der Waals surface area contributed by atoms with Gasteiger partial charge in [-0.25, -0.2) is 8.42 Å². The van der Waals surface area contributed by atoms with Crippen molar-refractivity contribution in [3.8, 4) is 0 Å². The van der Waals surface area contributed by atoms with Crippen molar-refractivity contribution in [3.63, 3.8) is 0 Å². The molecule has 0 heterocycles. The van der Waals surface area contributed by atoms with Gasteiger partial charge >= 0.3 is 5.97 Å². The van der Waals surface area contributed by atoms with E-state index in [9.17, 15) is 13.2 Å². The van der Waals surface area contributed by atoms with E-state index in [0.29, 0.717) is 12.8 Å². The van der Waals surface area contributed by atoms with Crippen LogP contribution in [0.4, 0.5) is 0 Å². The van der Waals surface area contributed by atoms with Crippen LogP contribution >= 0.6 is 0 Å². The maximum atomic E-state index is 12.1. The summed E-state index contributed by atoms with van der Waals surface area (Å²) in [6, 6.07) is 9.08. The first-order valence-corrected chi connectivity index (χ1v) is 7.13. The van der Waals surface area contributed by atoms with Gasteiger partial charge in [0.15, 0.2) is 14.6 Å². The van der Waals surface area contributed by atoms with Crippen molar-refractivity contribution in [2.45, 2.75) is 17.6 Å². The third-order valence-electron chi connectivity index (χ3n) is 3.05. The largest absolute Gasteiger partial charge is 0.468 e. The number of rotatable bonds is 4. The molecular weight excluding hydrogens is 252 g/mol. The van der Waals surface area contributed by atoms with E-state index in [0.717, 1.165) is 11.0 Å². The lowest BCUT2D eigenvalue weighted by Crippen LogP contribution is -2.32. The van der Waals surface area contributed by atoms with E-state index in [-0.39, 0.29) is 0 Å². The van der Waals surface area contributed by atoms with Gasteiger partial charge in [0.05, 0.1) is 7.11 Å². The second kappa shape index (κ2) is 4.57. The molecule has 0 radical (unpaired) electrons. The Morgan fingerprint density at radius 1 is 1.28 bits per heavy atom. The van der Waals surface area contributed by atoms with E-state index in [4.69, 9.17) is 0 Å². The summed E-state index contributed by atoms with van der Waals surface area (Å²) >= 11 is 0. The lowest BCUT2D eigenvalue weighted by atomic mass is 10.2. The number of hydrogen-bond donors (Lipinski definition) is 0. The fourth-order valence-electron chi connectivity index (χ4n) is 1.77. The molecule has 0 amide bonds. The smallest absolute Gasteiger partial charge is 0.327 e. The molecule has 1 aromatic rings. The highest BCUT2D eigenvalue weighted by Gasteiger charge is 2.60. The van der Waals surface area contributed by atoms with Crippen LogP contribution in [0.25, 0.3) is 6.08 Å². The average molecular weight is 266 g/mol. The summed E-state index contributed by atoms with van der Waals surface area (Å²) in [5.74, 6) is -0.666. The number of ether oxygens (including phenoxy) is 1. The molecule has 0 spiro atoms. The molecule has 5 heteroatoms. The summed E-state index contributed by atoms with van der Waals surface area (Å²) in [7, 11) is -2.41. The molecule has 0 unspecified atom stereocenters. The highest BCUT2D eigenvalue weighted by molar-refractivity contribution is 7.96. The van der Waals surface area contributed by atoms with Crippen molar-refractivity contribution in [2.75, 3.05) is 7.11 Å². The molecule has 2 rings (SSSR count). The van der Waals surface area contributed by atoms with Crippen LogP contribution in [0.1, 0.15) is 18.4 Å². The zero-order valence-corrected chi connectivity index (χ0v) is 10.8. The maximum absolute atomic E-state index is 12.1. The number of methoxy groups -OCH3 is 1. The van der Waals surface area contributed by atoms with Crippen LogP contribution in [0, 0.1) is 0 Å². The normalized spacial score (nSPS) is 17.6. The SMILES string of the molecule is COC(=O)C1(S(=O)(=O)/C=C\c2ccccc2)CC1. The second-order valence-electron chi connectivity index (χ2n) is 4.24. The standard InChI is InChI=1S/C13H14O4S/c1-17-12(14)13(8-9-13)18(15,16)10-7-11-5-3-2-4-6-11/h2-7,10H,8-9H2,1H3/b10-7-. The fourth-order valence-corrected chi connectivity index (χ4v) is 3.35. The summed E-state index contributed by atoms with van der Waals surface area (Å²) in [5.41, 5.74) is 0.779. The number of sulfone groups is 1. The Morgan fingerprint density at radius 2 is 1.89 bits per heavy atom. The number of carbonyl (C=O) groups excluding carboxylic acids is 1. The van der Waals surface area contributed by atoms with Gasteiger partial charge < -0.3 is 4.74 Å². The number of carbonyl (C=O) groups is 1. The molecule has 18 heavy (non-hydrogen) atoms. The molecular formula is C13H14O4S. The van der Waals surface area contributed by atoms with E-state index in [1.54, 1.807) is 12.1 Å². The van der Waals surface area contributed by atoms with Crippen LogP contribution < -0.4 is 0 Å². The first kappa shape index (κ1) is 12.8. The van der Waals surface area contributed by atoms with Gasteiger partial charge in [0, 0.05) is 5.41 Å². The molecule has 0 N–H and O–H groups in total. The van der Waals surface area contributed by atoms with E-state index in [1.807, 2.05) is 18.2 Å². The monoisotopic (exact) mass is 266 g/mol. The van der Waals surface area contributed by atoms with Crippen molar-refractivity contribution >= 4 is 21.9 Å². The molecule has 1 aliphatic carbocycles. The summed E-state index contributed by atoms with van der Waals surface area (Å²) in [6.07, 6.45) is 2.17. The zero-order chi connectivity index (χ0) is 13.2. The fraction of sp³-hybridized carbons (Fsp3) is 0.308. The third kappa shape index (κ3) is 2.18. The average Bonchev–Trinajstić information content (AvgIpc) is 3.19. The van der Waals surface area contributed by atoms with E-state index in [2.05, 4.69) is 4.74 Å². The van der Waals surface area contributed by atoms with Gasteiger partial charge in [-0.1, -0.05) is 30.3 Å². The predicted molar refractivity (Wildman–Crippen MR) is 68.4 cm³/mol. The van der Waals surface area contributed by atoms with Gasteiger partial charge in [-0.2, -0.15) is 0 Å². The minimum atomic E-state index is -3.61. The molecule has 0 aliphatic heterocycles. The van der Waals surface area contributed by atoms with Gasteiger partial charge in [0.2, 0.25) is 0 Å². The predicted octanol–water partition coefficient (Wildman–Crippen LogP) is 1.78. The van der Waals surface area contributed by atoms with Crippen LogP contribution in [0.5, 0.6) is 0 Å². The maximum Gasteiger partial charge on any atom is 0.327 e. The van der Waals surface area contributed by atoms with E-state index >= 15 is 0 Å². The van der Waals surface area contributed by atoms with Gasteiger partial charge in [0.1, 0.15) is 0 Å². The molecule has 0 atom stereocenters. The van der Waals surface area contributed by atoms with E-state index < -0.39 is 20.6 Å². The Bertz CT molecular complexity index is 568. The molecule has 4 nitrogen and oxygen atoms in total. The number of esters is 1. The molecule has 96 valence electrons. The number of hydrogen-bond acceptors (Lipinski definition) is 4. The summed E-state index contributed by atoms with van der Waals surface area (Å²) in [5, 5.41) is 1.10. The molecule has 1 fully saturated rings. The first-order valence-electron chi connectivity index (χ1n) is 5.58. The molecule has 1 aliphatic rings. The molecule has 1 aromatic carbocycles. The second-order valence-corrected chi connectivity index (χ2v) is 6.39. The highest BCUT2D eigenvalue weighted by Crippen LogP contribution is 2.45. The summed E-state index contributed by atoms with van der Waals surface area (Å²) < 4.78 is 27.4. The zero-order valence-electron chi connectivity index (χ0n) is 10.00. The van der Waals surface area contributed by atoms with Gasteiger partial charge in [-0.15, -0.1) is 0 Å². The Kier molecular flexibility index (Phi) is 3.26. The Balaban J connectivity index is 2.24.